The van der Waals surface area contributed by atoms with Crippen molar-refractivity contribution in [2.24, 2.45) is 29.6 Å². The van der Waals surface area contributed by atoms with Gasteiger partial charge >= 0.3 is 0 Å². The van der Waals surface area contributed by atoms with E-state index in [1.54, 1.807) is 14.2 Å². The van der Waals surface area contributed by atoms with Gasteiger partial charge in [-0.2, -0.15) is 0 Å². The van der Waals surface area contributed by atoms with Crippen LogP contribution in [-0.2, 0) is 23.8 Å². The van der Waals surface area contributed by atoms with Gasteiger partial charge in [-0.05, 0) is 75.7 Å². The number of rotatable bonds is 7. The van der Waals surface area contributed by atoms with Crippen LogP contribution in [0.5, 0.6) is 0 Å². The highest BCUT2D eigenvalue weighted by Crippen LogP contribution is 2.54. The zero-order chi connectivity index (χ0) is 24.9. The number of methoxy groups -OCH3 is 2. The van der Waals surface area contributed by atoms with Gasteiger partial charge in [0.05, 0.1) is 30.3 Å². The molecule has 0 spiro atoms. The van der Waals surface area contributed by atoms with Crippen LogP contribution in [0.15, 0.2) is 0 Å². The van der Waals surface area contributed by atoms with Gasteiger partial charge in [0.2, 0.25) is 11.8 Å². The third-order valence-electron chi connectivity index (χ3n) is 9.70. The van der Waals surface area contributed by atoms with E-state index in [1.165, 1.54) is 0 Å². The van der Waals surface area contributed by atoms with E-state index in [0.717, 1.165) is 45.1 Å². The van der Waals surface area contributed by atoms with Gasteiger partial charge in [0.15, 0.2) is 0 Å². The number of amides is 2. The summed E-state index contributed by atoms with van der Waals surface area (Å²) in [6.45, 7) is 7.73. The van der Waals surface area contributed by atoms with Gasteiger partial charge in [-0.1, -0.05) is 13.8 Å². The Morgan fingerprint density at radius 1 is 1.06 bits per heavy atom. The Morgan fingerprint density at radius 3 is 2.57 bits per heavy atom. The van der Waals surface area contributed by atoms with Crippen LogP contribution in [0, 0.1) is 29.6 Å². The molecule has 3 saturated heterocycles. The van der Waals surface area contributed by atoms with Gasteiger partial charge in [0.1, 0.15) is 6.10 Å². The van der Waals surface area contributed by atoms with Crippen molar-refractivity contribution in [2.75, 3.05) is 27.3 Å². The fraction of sp³-hybridized carbons (Fsp3) is 0.926. The Kier molecular flexibility index (Phi) is 7.46. The van der Waals surface area contributed by atoms with Crippen molar-refractivity contribution in [1.82, 2.24) is 15.5 Å². The molecule has 0 aromatic carbocycles. The summed E-state index contributed by atoms with van der Waals surface area (Å²) in [5.41, 5.74) is 0. The highest BCUT2D eigenvalue weighted by molar-refractivity contribution is 5.83. The van der Waals surface area contributed by atoms with Crippen LogP contribution in [0.1, 0.15) is 59.3 Å². The van der Waals surface area contributed by atoms with Gasteiger partial charge in [-0.15, -0.1) is 0 Å². The Labute approximate surface area is 210 Å². The van der Waals surface area contributed by atoms with Crippen LogP contribution in [0.2, 0.25) is 0 Å². The van der Waals surface area contributed by atoms with Crippen molar-refractivity contribution in [2.45, 2.75) is 102 Å². The van der Waals surface area contributed by atoms with Crippen molar-refractivity contribution in [3.63, 3.8) is 0 Å². The smallest absolute Gasteiger partial charge is 0.248 e. The quantitative estimate of drug-likeness (QED) is 0.566. The highest BCUT2D eigenvalue weighted by Gasteiger charge is 2.64. The topological polar surface area (TPSA) is 89.1 Å². The number of nitrogens with zero attached hydrogens (tertiary/aromatic N) is 1. The second-order valence-electron chi connectivity index (χ2n) is 12.0. The summed E-state index contributed by atoms with van der Waals surface area (Å²) in [5.74, 6) is 1.80. The van der Waals surface area contributed by atoms with E-state index in [2.05, 4.69) is 29.4 Å². The first-order chi connectivity index (χ1) is 16.8. The van der Waals surface area contributed by atoms with E-state index >= 15 is 0 Å². The van der Waals surface area contributed by atoms with Crippen LogP contribution in [0.3, 0.4) is 0 Å². The Hall–Kier alpha value is -1.22. The third kappa shape index (κ3) is 4.42. The lowest BCUT2D eigenvalue weighted by Gasteiger charge is -2.55. The average Bonchev–Trinajstić information content (AvgIpc) is 3.19. The Bertz CT molecular complexity index is 793. The maximum atomic E-state index is 14.1. The van der Waals surface area contributed by atoms with E-state index in [0.29, 0.717) is 36.3 Å². The monoisotopic (exact) mass is 491 g/mol. The number of carbonyl (C=O) groups excluding carboxylic acids is 2. The summed E-state index contributed by atoms with van der Waals surface area (Å²) in [5, 5.41) is 6.83. The maximum absolute atomic E-state index is 14.1. The van der Waals surface area contributed by atoms with Crippen LogP contribution in [-0.4, -0.2) is 86.6 Å². The molecule has 0 aromatic rings. The molecule has 5 rings (SSSR count). The second-order valence-corrected chi connectivity index (χ2v) is 12.0. The molecule has 2 saturated carbocycles. The minimum Gasteiger partial charge on any atom is -0.379 e. The summed E-state index contributed by atoms with van der Waals surface area (Å²) in [6, 6.07) is 0.874. The summed E-state index contributed by atoms with van der Waals surface area (Å²) in [4.78, 5) is 28.9. The van der Waals surface area contributed by atoms with Crippen molar-refractivity contribution in [1.29, 1.82) is 0 Å². The number of fused-ring (bicyclic) bond motifs is 5. The van der Waals surface area contributed by atoms with Crippen LogP contribution < -0.4 is 10.6 Å². The minimum atomic E-state index is -0.446. The van der Waals surface area contributed by atoms with E-state index in [4.69, 9.17) is 14.2 Å². The van der Waals surface area contributed by atoms with Crippen LogP contribution >= 0.6 is 0 Å². The van der Waals surface area contributed by atoms with E-state index in [1.807, 2.05) is 6.92 Å². The number of hydrogen-bond acceptors (Lipinski definition) is 6. The summed E-state index contributed by atoms with van der Waals surface area (Å²) in [6.07, 6.45) is 5.27. The lowest BCUT2D eigenvalue weighted by molar-refractivity contribution is -0.175. The molecule has 2 N–H and O–H groups in total. The summed E-state index contributed by atoms with van der Waals surface area (Å²) >= 11 is 0. The molecule has 198 valence electrons. The van der Waals surface area contributed by atoms with Crippen molar-refractivity contribution >= 4 is 11.8 Å². The normalized spacial score (nSPS) is 43.4. The molecule has 3 heterocycles. The lowest BCUT2D eigenvalue weighted by Crippen LogP contribution is -2.70. The molecule has 0 bridgehead atoms. The zero-order valence-corrected chi connectivity index (χ0v) is 22.1. The van der Waals surface area contributed by atoms with Gasteiger partial charge in [0, 0.05) is 32.8 Å². The molecule has 35 heavy (non-hydrogen) atoms. The van der Waals surface area contributed by atoms with E-state index in [-0.39, 0.29) is 48.1 Å². The Balaban J connectivity index is 1.32. The molecule has 0 radical (unpaired) electrons. The molecule has 2 amide bonds. The number of carbonyl (C=O) groups is 2. The van der Waals surface area contributed by atoms with Gasteiger partial charge in [0.25, 0.3) is 0 Å². The molecular weight excluding hydrogens is 446 g/mol. The predicted molar refractivity (Wildman–Crippen MR) is 132 cm³/mol. The van der Waals surface area contributed by atoms with Crippen molar-refractivity contribution in [3.8, 4) is 0 Å². The second kappa shape index (κ2) is 10.3. The minimum absolute atomic E-state index is 0.0213. The lowest BCUT2D eigenvalue weighted by atomic mass is 9.64. The van der Waals surface area contributed by atoms with Gasteiger partial charge < -0.3 is 29.7 Å². The third-order valence-corrected chi connectivity index (χ3v) is 9.70. The van der Waals surface area contributed by atoms with E-state index in [9.17, 15) is 9.59 Å². The maximum Gasteiger partial charge on any atom is 0.248 e. The van der Waals surface area contributed by atoms with Gasteiger partial charge in [-0.25, -0.2) is 0 Å². The first-order valence-corrected chi connectivity index (χ1v) is 13.9. The molecule has 5 fully saturated rings. The zero-order valence-electron chi connectivity index (χ0n) is 22.1. The van der Waals surface area contributed by atoms with Crippen molar-refractivity contribution < 1.29 is 23.8 Å². The predicted octanol–water partition coefficient (Wildman–Crippen LogP) is 1.96. The standard InChI is InChI=1S/C27H45N3O5/c1-14(2)13-29-26(31)15(3)35-16-6-8-20-19(12-16)17-10-11-28-23-18-7-9-21(33-4)25(34-5)22(18)27(32)30(20)24(17)23/h14-25,28H,6-13H2,1-5H3,(H,29,31). The molecular formula is C27H45N3O5. The molecule has 11 atom stereocenters. The molecule has 3 aliphatic heterocycles. The Morgan fingerprint density at radius 2 is 1.86 bits per heavy atom. The molecule has 8 nitrogen and oxygen atoms in total. The molecule has 5 aliphatic rings. The summed E-state index contributed by atoms with van der Waals surface area (Å²) in [7, 11) is 3.46. The molecule has 2 aliphatic carbocycles. The van der Waals surface area contributed by atoms with Crippen LogP contribution in [0.25, 0.3) is 0 Å². The summed E-state index contributed by atoms with van der Waals surface area (Å²) < 4.78 is 18.0. The van der Waals surface area contributed by atoms with Gasteiger partial charge in [-0.3, -0.25) is 9.59 Å². The fourth-order valence-electron chi connectivity index (χ4n) is 8.26. The fourth-order valence-corrected chi connectivity index (χ4v) is 8.26. The molecule has 8 heteroatoms. The number of hydrogen-bond donors (Lipinski definition) is 2. The van der Waals surface area contributed by atoms with Crippen molar-refractivity contribution in [3.05, 3.63) is 0 Å². The largest absolute Gasteiger partial charge is 0.379 e. The molecule has 0 aromatic heterocycles. The first kappa shape index (κ1) is 25.4. The first-order valence-electron chi connectivity index (χ1n) is 13.9. The van der Waals surface area contributed by atoms with E-state index < -0.39 is 6.10 Å². The highest BCUT2D eigenvalue weighted by atomic mass is 16.5. The number of piperidine rings is 2. The SMILES string of the molecule is COC1CCC2C3NCCC4C5CC(OC(C)C(=O)NCC(C)C)CCC5N(C(=O)C2C1OC)C43. The molecule has 11 unspecified atom stereocenters. The average molecular weight is 492 g/mol. The van der Waals surface area contributed by atoms with Crippen LogP contribution in [0.4, 0.5) is 0 Å². The number of nitrogens with one attached hydrogen (secondary N) is 2. The number of ether oxygens (including phenoxy) is 3.